The molecule has 13 heteroatoms. The lowest BCUT2D eigenvalue weighted by Crippen LogP contribution is -2.38. The largest absolute Gasteiger partial charge is 0.481 e. The lowest BCUT2D eigenvalue weighted by Gasteiger charge is -2.25. The molecule has 3 heterocycles. The molecule has 0 bridgehead atoms. The molecule has 2 fully saturated rings. The second-order valence-corrected chi connectivity index (χ2v) is 10.7. The van der Waals surface area contributed by atoms with Crippen LogP contribution in [0.1, 0.15) is 26.0 Å². The van der Waals surface area contributed by atoms with Crippen LogP contribution < -0.4 is 5.73 Å². The lowest BCUT2D eigenvalue weighted by atomic mass is 10.00. The minimum Gasteiger partial charge on any atom is -0.481 e. The highest BCUT2D eigenvalue weighted by atomic mass is 32.2. The first kappa shape index (κ1) is 26.8. The highest BCUT2D eigenvalue weighted by Crippen LogP contribution is 2.36. The molecule has 31 heavy (non-hydrogen) atoms. The normalized spacial score (nSPS) is 23.3. The first-order valence-corrected chi connectivity index (χ1v) is 12.1. The number of carbonyl (C=O) groups is 3. The van der Waals surface area contributed by atoms with E-state index in [2.05, 4.69) is 4.98 Å². The molecule has 0 unspecified atom stereocenters. The third-order valence-corrected chi connectivity index (χ3v) is 7.80. The second kappa shape index (κ2) is 11.4. The van der Waals surface area contributed by atoms with Crippen molar-refractivity contribution >= 4 is 44.2 Å². The summed E-state index contributed by atoms with van der Waals surface area (Å²) in [7, 11) is 0.694. The Kier molecular flexibility index (Phi) is 9.84. The van der Waals surface area contributed by atoms with Gasteiger partial charge in [0.05, 0.1) is 16.7 Å². The van der Waals surface area contributed by atoms with Gasteiger partial charge in [0.1, 0.15) is 0 Å². The summed E-state index contributed by atoms with van der Waals surface area (Å²) < 4.78 is 24.6. The molecule has 3 rings (SSSR count). The number of anilines is 1. The molecule has 0 saturated carbocycles. The predicted molar refractivity (Wildman–Crippen MR) is 117 cm³/mol. The van der Waals surface area contributed by atoms with E-state index in [1.54, 1.807) is 4.90 Å². The zero-order valence-electron chi connectivity index (χ0n) is 18.0. The molecule has 3 atom stereocenters. The van der Waals surface area contributed by atoms with E-state index in [1.807, 2.05) is 24.4 Å². The summed E-state index contributed by atoms with van der Waals surface area (Å²) in [6.45, 7) is 3.03. The molecule has 1 aromatic heterocycles. The number of nitrogens with two attached hydrogens (primary N) is 1. The van der Waals surface area contributed by atoms with E-state index >= 15 is 0 Å². The van der Waals surface area contributed by atoms with Crippen molar-refractivity contribution in [3.05, 3.63) is 11.1 Å². The van der Waals surface area contributed by atoms with E-state index in [1.165, 1.54) is 11.3 Å². The van der Waals surface area contributed by atoms with Gasteiger partial charge in [-0.15, -0.1) is 11.3 Å². The molecule has 0 aliphatic carbocycles. The van der Waals surface area contributed by atoms with Crippen LogP contribution in [0.4, 0.5) is 5.13 Å². The minimum atomic E-state index is -3.11. The molecule has 2 saturated heterocycles. The summed E-state index contributed by atoms with van der Waals surface area (Å²) in [5.41, 5.74) is 6.40. The van der Waals surface area contributed by atoms with Crippen molar-refractivity contribution in [2.75, 3.05) is 38.7 Å². The fraction of sp³-hybridized carbons (Fsp3) is 0.667. The third-order valence-electron chi connectivity index (χ3n) is 4.85. The number of nitrogen functional groups attached to an aromatic ring is 1. The summed E-state index contributed by atoms with van der Waals surface area (Å²) in [4.78, 5) is 38.2. The first-order chi connectivity index (χ1) is 14.2. The van der Waals surface area contributed by atoms with Crippen molar-refractivity contribution in [3.63, 3.8) is 0 Å². The number of aryl methyl sites for hydroxylation is 1. The predicted octanol–water partition coefficient (Wildman–Crippen LogP) is 0.0253. The van der Waals surface area contributed by atoms with E-state index < -0.39 is 27.0 Å². The summed E-state index contributed by atoms with van der Waals surface area (Å²) in [5.74, 6) is -1.44. The molecule has 1 aromatic rings. The fourth-order valence-corrected chi connectivity index (χ4v) is 6.67. The van der Waals surface area contributed by atoms with Crippen LogP contribution in [-0.2, 0) is 30.6 Å². The Hall–Kier alpha value is -2.25. The van der Waals surface area contributed by atoms with Crippen LogP contribution in [0.25, 0.3) is 0 Å². The summed E-state index contributed by atoms with van der Waals surface area (Å²) in [5, 5.41) is 16.8. The Morgan fingerprint density at radius 2 is 1.77 bits per heavy atom. The van der Waals surface area contributed by atoms with Gasteiger partial charge in [-0.3, -0.25) is 14.4 Å². The number of carbonyl (C=O) groups excluding carboxylic acids is 1. The smallest absolute Gasteiger partial charge is 0.300 e. The number of hydrogen-bond donors (Lipinski definition) is 3. The molecule has 2 aliphatic rings. The minimum absolute atomic E-state index is 0.00105. The Labute approximate surface area is 185 Å². The molecular formula is C18H30N4O7S2. The van der Waals surface area contributed by atoms with Gasteiger partial charge in [0.25, 0.3) is 11.9 Å². The van der Waals surface area contributed by atoms with Crippen LogP contribution >= 0.6 is 11.3 Å². The summed E-state index contributed by atoms with van der Waals surface area (Å²) in [6, 6.07) is 0.00105. The molecular weight excluding hydrogens is 448 g/mol. The zero-order chi connectivity index (χ0) is 23.9. The number of aromatic nitrogens is 1. The number of thiazole rings is 1. The van der Waals surface area contributed by atoms with E-state index in [0.717, 1.165) is 19.5 Å². The number of aliphatic carboxylic acids is 2. The van der Waals surface area contributed by atoms with Gasteiger partial charge in [-0.1, -0.05) is 0 Å². The lowest BCUT2D eigenvalue weighted by molar-refractivity contribution is -0.135. The van der Waals surface area contributed by atoms with Crippen molar-refractivity contribution in [2.45, 2.75) is 38.0 Å². The van der Waals surface area contributed by atoms with Crippen LogP contribution in [0.2, 0.25) is 0 Å². The number of carboxylic acid groups (broad SMARTS) is 2. The molecule has 0 aromatic carbocycles. The van der Waals surface area contributed by atoms with Crippen LogP contribution in [0, 0.1) is 5.92 Å². The summed E-state index contributed by atoms with van der Waals surface area (Å²) >= 11 is 1.36. The van der Waals surface area contributed by atoms with E-state index in [9.17, 15) is 13.2 Å². The van der Waals surface area contributed by atoms with Crippen LogP contribution in [0.5, 0.6) is 0 Å². The third kappa shape index (κ3) is 8.42. The van der Waals surface area contributed by atoms with Gasteiger partial charge in [-0.05, 0) is 20.5 Å². The number of amides is 1. The van der Waals surface area contributed by atoms with Crippen LogP contribution in [0.3, 0.4) is 0 Å². The average molecular weight is 479 g/mol. The Balaban J connectivity index is 0.000000519. The Morgan fingerprint density at radius 3 is 2.23 bits per heavy atom. The van der Waals surface area contributed by atoms with Crippen LogP contribution in [-0.4, -0.2) is 95.5 Å². The van der Waals surface area contributed by atoms with Crippen molar-refractivity contribution in [1.29, 1.82) is 0 Å². The molecule has 0 radical (unpaired) electrons. The Bertz CT molecular complexity index is 865. The van der Waals surface area contributed by atoms with Crippen molar-refractivity contribution in [3.8, 4) is 0 Å². The number of hydrogen-bond acceptors (Lipinski definition) is 9. The van der Waals surface area contributed by atoms with Crippen LogP contribution in [0.15, 0.2) is 5.38 Å². The molecule has 0 spiro atoms. The number of likely N-dealkylation sites (tertiary alicyclic amines) is 1. The fourth-order valence-electron chi connectivity index (χ4n) is 3.60. The van der Waals surface area contributed by atoms with E-state index in [-0.39, 0.29) is 23.6 Å². The van der Waals surface area contributed by atoms with Gasteiger partial charge in [0.2, 0.25) is 5.91 Å². The SMILES string of the molecule is CC(=O)O.CC(=O)O.CN(C)[C@@H]1CS(=O)(=O)[C@H]2CN(C(=O)CCc3csc(N)n3)C[C@@H]12. The number of nitrogens with zero attached hydrogens (tertiary/aromatic N) is 3. The number of carboxylic acids is 2. The number of fused-ring (bicyclic) bond motifs is 1. The molecule has 11 nitrogen and oxygen atoms in total. The Morgan fingerprint density at radius 1 is 1.23 bits per heavy atom. The van der Waals surface area contributed by atoms with Gasteiger partial charge in [-0.25, -0.2) is 13.4 Å². The highest BCUT2D eigenvalue weighted by Gasteiger charge is 2.53. The number of rotatable bonds is 4. The quantitative estimate of drug-likeness (QED) is 0.536. The monoisotopic (exact) mass is 478 g/mol. The topological polar surface area (TPSA) is 171 Å². The molecule has 2 aliphatic heterocycles. The number of sulfone groups is 1. The van der Waals surface area contributed by atoms with Gasteiger partial charge < -0.3 is 25.7 Å². The van der Waals surface area contributed by atoms with E-state index in [4.69, 9.17) is 25.5 Å². The maximum atomic E-state index is 12.4. The van der Waals surface area contributed by atoms with Gasteiger partial charge in [-0.2, -0.15) is 0 Å². The van der Waals surface area contributed by atoms with E-state index in [0.29, 0.717) is 31.1 Å². The standard InChI is InChI=1S/C14H22N4O3S2.2C2H4O2/c1-17(2)11-8-23(20,21)12-6-18(5-10(11)12)13(19)4-3-9-7-22-14(15)16-9;2*1-2(3)4/h7,10-12H,3-6,8H2,1-2H3,(H2,15,16);2*1H3,(H,3,4)/t10-,11+,12-;;/m0../s1. The molecule has 1 amide bonds. The highest BCUT2D eigenvalue weighted by molar-refractivity contribution is 7.92. The first-order valence-electron chi connectivity index (χ1n) is 9.49. The van der Waals surface area contributed by atoms with Crippen molar-refractivity contribution in [1.82, 2.24) is 14.8 Å². The van der Waals surface area contributed by atoms with Crippen molar-refractivity contribution in [2.24, 2.45) is 5.92 Å². The van der Waals surface area contributed by atoms with Gasteiger partial charge in [0.15, 0.2) is 15.0 Å². The molecule has 176 valence electrons. The van der Waals surface area contributed by atoms with Crippen molar-refractivity contribution < 1.29 is 33.0 Å². The average Bonchev–Trinajstić information content (AvgIpc) is 3.28. The maximum Gasteiger partial charge on any atom is 0.300 e. The second-order valence-electron chi connectivity index (χ2n) is 7.58. The maximum absolute atomic E-state index is 12.4. The molecule has 4 N–H and O–H groups in total. The van der Waals surface area contributed by atoms with Gasteiger partial charge >= 0.3 is 0 Å². The van der Waals surface area contributed by atoms with Gasteiger partial charge in [0, 0.05) is 50.7 Å². The summed E-state index contributed by atoms with van der Waals surface area (Å²) in [6.07, 6.45) is 0.886. The zero-order valence-corrected chi connectivity index (χ0v) is 19.6.